The van der Waals surface area contributed by atoms with Crippen LogP contribution in [0.25, 0.3) is 11.3 Å². The van der Waals surface area contributed by atoms with E-state index in [1.807, 2.05) is 0 Å². The number of aryl methyl sites for hydroxylation is 1. The maximum absolute atomic E-state index is 13.1. The number of hydrogen-bond donors (Lipinski definition) is 2. The van der Waals surface area contributed by atoms with E-state index in [1.54, 1.807) is 15.6 Å². The zero-order valence-corrected chi connectivity index (χ0v) is 13.8. The number of alkyl halides is 3. The molecule has 0 aliphatic carbocycles. The number of carbonyl (C=O) groups excluding carboxylic acids is 1. The molecule has 0 radical (unpaired) electrons. The maximum atomic E-state index is 13.1. The van der Waals surface area contributed by atoms with E-state index < -0.39 is 17.6 Å². The minimum Gasteiger partial charge on any atom is -0.383 e. The number of rotatable bonds is 2. The molecule has 0 bridgehead atoms. The molecule has 7 nitrogen and oxygen atoms in total. The van der Waals surface area contributed by atoms with Gasteiger partial charge in [0.05, 0.1) is 17.8 Å². The molecule has 26 heavy (non-hydrogen) atoms. The number of anilines is 1. The number of aromatic nitrogens is 3. The van der Waals surface area contributed by atoms with Crippen molar-refractivity contribution in [2.75, 3.05) is 25.4 Å². The molecule has 0 atom stereocenters. The van der Waals surface area contributed by atoms with Gasteiger partial charge in [-0.2, -0.15) is 18.3 Å². The van der Waals surface area contributed by atoms with Crippen LogP contribution in [0.1, 0.15) is 17.7 Å². The van der Waals surface area contributed by atoms with Crippen molar-refractivity contribution in [3.63, 3.8) is 0 Å². The summed E-state index contributed by atoms with van der Waals surface area (Å²) >= 11 is 0. The first-order valence-corrected chi connectivity index (χ1v) is 8.13. The van der Waals surface area contributed by atoms with E-state index in [2.05, 4.69) is 10.1 Å². The van der Waals surface area contributed by atoms with Gasteiger partial charge in [-0.1, -0.05) is 0 Å². The average Bonchev–Trinajstić information content (AvgIpc) is 3.11. The summed E-state index contributed by atoms with van der Waals surface area (Å²) in [7, 11) is 0. The summed E-state index contributed by atoms with van der Waals surface area (Å²) in [6, 6.07) is 2.75. The van der Waals surface area contributed by atoms with Crippen molar-refractivity contribution in [3.8, 4) is 11.3 Å². The Bertz CT molecular complexity index is 885. The second kappa shape index (κ2) is 5.44. The predicted molar refractivity (Wildman–Crippen MR) is 86.8 cm³/mol. The van der Waals surface area contributed by atoms with Crippen molar-refractivity contribution in [2.45, 2.75) is 24.6 Å². The summed E-state index contributed by atoms with van der Waals surface area (Å²) in [5.41, 5.74) is 11.2. The Morgan fingerprint density at radius 2 is 2.04 bits per heavy atom. The van der Waals surface area contributed by atoms with E-state index >= 15 is 0 Å². The summed E-state index contributed by atoms with van der Waals surface area (Å²) < 4.78 is 41.0. The Balaban J connectivity index is 1.65. The van der Waals surface area contributed by atoms with Gasteiger partial charge in [0, 0.05) is 42.5 Å². The number of amides is 1. The fourth-order valence-electron chi connectivity index (χ4n) is 3.76. The molecule has 1 spiro atoms. The molecule has 2 aromatic heterocycles. The second-order valence-electron chi connectivity index (χ2n) is 6.78. The van der Waals surface area contributed by atoms with Gasteiger partial charge < -0.3 is 16.4 Å². The average molecular weight is 366 g/mol. The van der Waals surface area contributed by atoms with E-state index in [-0.39, 0.29) is 23.4 Å². The van der Waals surface area contributed by atoms with Gasteiger partial charge in [0.2, 0.25) is 5.91 Å². The van der Waals surface area contributed by atoms with Crippen molar-refractivity contribution in [1.29, 1.82) is 0 Å². The molecule has 1 amide bonds. The monoisotopic (exact) mass is 366 g/mol. The minimum atomic E-state index is -4.58. The highest BCUT2D eigenvalue weighted by molar-refractivity contribution is 5.79. The number of nitrogens with two attached hydrogens (primary N) is 2. The molecule has 4 rings (SSSR count). The Morgan fingerprint density at radius 3 is 2.69 bits per heavy atom. The number of pyridine rings is 1. The highest BCUT2D eigenvalue weighted by Crippen LogP contribution is 2.44. The van der Waals surface area contributed by atoms with E-state index in [1.165, 1.54) is 6.20 Å². The maximum Gasteiger partial charge on any atom is 0.419 e. The van der Waals surface area contributed by atoms with Gasteiger partial charge in [-0.3, -0.25) is 9.48 Å². The molecule has 0 aromatic carbocycles. The molecule has 2 aliphatic rings. The first-order chi connectivity index (χ1) is 12.2. The fraction of sp³-hybridized carbons (Fsp3) is 0.438. The van der Waals surface area contributed by atoms with Gasteiger partial charge in [0.1, 0.15) is 5.82 Å². The zero-order chi connectivity index (χ0) is 18.7. The Morgan fingerprint density at radius 1 is 1.31 bits per heavy atom. The molecule has 2 aliphatic heterocycles. The van der Waals surface area contributed by atoms with E-state index in [0.717, 1.165) is 18.2 Å². The smallest absolute Gasteiger partial charge is 0.383 e. The van der Waals surface area contributed by atoms with Crippen LogP contribution in [0.5, 0.6) is 0 Å². The van der Waals surface area contributed by atoms with E-state index in [9.17, 15) is 18.0 Å². The first kappa shape index (κ1) is 16.8. The topological polar surface area (TPSA) is 103 Å². The predicted octanol–water partition coefficient (Wildman–Crippen LogP) is 0.989. The van der Waals surface area contributed by atoms with Crippen LogP contribution in [0.4, 0.5) is 19.0 Å². The molecular formula is C16H17F3N6O. The van der Waals surface area contributed by atoms with Crippen molar-refractivity contribution in [3.05, 3.63) is 29.6 Å². The van der Waals surface area contributed by atoms with Crippen molar-refractivity contribution in [2.24, 2.45) is 5.73 Å². The number of likely N-dealkylation sites (tertiary alicyclic amines) is 1. The van der Waals surface area contributed by atoms with Gasteiger partial charge in [-0.25, -0.2) is 4.98 Å². The van der Waals surface area contributed by atoms with Crippen LogP contribution >= 0.6 is 0 Å². The third-order valence-electron chi connectivity index (χ3n) is 5.16. The van der Waals surface area contributed by atoms with Gasteiger partial charge in [0.25, 0.3) is 0 Å². The van der Waals surface area contributed by atoms with Crippen LogP contribution in [-0.2, 0) is 22.9 Å². The quantitative estimate of drug-likeness (QED) is 0.825. The molecular weight excluding hydrogens is 349 g/mol. The number of hydrogen-bond acceptors (Lipinski definition) is 5. The van der Waals surface area contributed by atoms with Crippen LogP contribution in [0.15, 0.2) is 18.3 Å². The lowest BCUT2D eigenvalue weighted by Crippen LogP contribution is -2.61. The zero-order valence-electron chi connectivity index (χ0n) is 13.8. The normalized spacial score (nSPS) is 18.1. The number of fused-ring (bicyclic) bond motifs is 2. The van der Waals surface area contributed by atoms with Crippen LogP contribution < -0.4 is 11.5 Å². The molecule has 1 saturated heterocycles. The van der Waals surface area contributed by atoms with Gasteiger partial charge in [-0.15, -0.1) is 0 Å². The first-order valence-electron chi connectivity index (χ1n) is 8.13. The van der Waals surface area contributed by atoms with Gasteiger partial charge in [0.15, 0.2) is 0 Å². The van der Waals surface area contributed by atoms with Crippen molar-refractivity contribution >= 4 is 11.7 Å². The Labute approximate surface area is 146 Å². The third-order valence-corrected chi connectivity index (χ3v) is 5.16. The van der Waals surface area contributed by atoms with Crippen LogP contribution in [0.3, 0.4) is 0 Å². The fourth-order valence-corrected chi connectivity index (χ4v) is 3.76. The van der Waals surface area contributed by atoms with Gasteiger partial charge in [-0.05, 0) is 18.6 Å². The lowest BCUT2D eigenvalue weighted by molar-refractivity contribution is -0.138. The number of halogens is 3. The molecule has 0 unspecified atom stereocenters. The summed E-state index contributed by atoms with van der Waals surface area (Å²) in [6.07, 6.45) is -2.44. The van der Waals surface area contributed by atoms with Crippen molar-refractivity contribution < 1.29 is 18.0 Å². The number of carbonyl (C=O) groups is 1. The van der Waals surface area contributed by atoms with Crippen molar-refractivity contribution in [1.82, 2.24) is 19.7 Å². The Hall–Kier alpha value is -2.62. The lowest BCUT2D eigenvalue weighted by atomic mass is 9.75. The van der Waals surface area contributed by atoms with E-state index in [4.69, 9.17) is 11.5 Å². The molecule has 0 saturated carbocycles. The summed E-state index contributed by atoms with van der Waals surface area (Å²) in [6.45, 7) is 1.75. The summed E-state index contributed by atoms with van der Waals surface area (Å²) in [4.78, 5) is 17.0. The standard InChI is InChI=1S/C16H17F3N6O/c17-16(18,19)10-3-9(6-22-14(10)21)11-4-12-15(1-2-25(12)23-11)7-24(8-15)13(26)5-20/h3-4,6H,1-2,5,7-8,20H2,(H2,21,22). The Kier molecular flexibility index (Phi) is 3.52. The number of nitrogen functional groups attached to an aromatic ring is 1. The highest BCUT2D eigenvalue weighted by atomic mass is 19.4. The van der Waals surface area contributed by atoms with Gasteiger partial charge >= 0.3 is 6.18 Å². The lowest BCUT2D eigenvalue weighted by Gasteiger charge is -2.47. The van der Waals surface area contributed by atoms with Crippen LogP contribution in [-0.4, -0.2) is 45.2 Å². The molecule has 4 heterocycles. The van der Waals surface area contributed by atoms with E-state index in [0.29, 0.717) is 25.3 Å². The van der Waals surface area contributed by atoms with Crippen LogP contribution in [0.2, 0.25) is 0 Å². The largest absolute Gasteiger partial charge is 0.419 e. The molecule has 4 N–H and O–H groups in total. The van der Waals surface area contributed by atoms with Crippen LogP contribution in [0, 0.1) is 0 Å². The minimum absolute atomic E-state index is 0.0298. The summed E-state index contributed by atoms with van der Waals surface area (Å²) in [5, 5.41) is 4.42. The SMILES string of the molecule is NCC(=O)N1CC2(CCn3nc(-c4cnc(N)c(C(F)(F)F)c4)cc32)C1. The summed E-state index contributed by atoms with van der Waals surface area (Å²) in [5.74, 6) is -0.661. The second-order valence-corrected chi connectivity index (χ2v) is 6.78. The highest BCUT2D eigenvalue weighted by Gasteiger charge is 2.51. The molecule has 2 aromatic rings. The number of nitrogens with zero attached hydrogens (tertiary/aromatic N) is 4. The third kappa shape index (κ3) is 2.44. The molecule has 138 valence electrons. The molecule has 1 fully saturated rings. The molecule has 10 heteroatoms.